The summed E-state index contributed by atoms with van der Waals surface area (Å²) in [7, 11) is 2.92. The largest absolute Gasteiger partial charge is 0.496 e. The highest BCUT2D eigenvalue weighted by Crippen LogP contribution is 2.40. The lowest BCUT2D eigenvalue weighted by atomic mass is 9.82. The number of benzene rings is 2. The predicted molar refractivity (Wildman–Crippen MR) is 143 cm³/mol. The fraction of sp³-hybridized carbons (Fsp3) is 0.385. The van der Waals surface area contributed by atoms with Gasteiger partial charge in [-0.15, -0.1) is 0 Å². The number of fused-ring (bicyclic) bond motifs is 1. The van der Waals surface area contributed by atoms with E-state index in [4.69, 9.17) is 23.4 Å². The second-order valence-electron chi connectivity index (χ2n) is 9.24. The first-order valence-corrected chi connectivity index (χ1v) is 12.5. The van der Waals surface area contributed by atoms with Gasteiger partial charge in [0.2, 0.25) is 12.0 Å². The fourth-order valence-corrected chi connectivity index (χ4v) is 4.81. The van der Waals surface area contributed by atoms with E-state index in [2.05, 4.69) is 27.9 Å². The number of amides is 1. The quantitative estimate of drug-likeness (QED) is 0.278. The number of hydrogen-bond donors (Lipinski definition) is 3. The van der Waals surface area contributed by atoms with E-state index >= 15 is 0 Å². The van der Waals surface area contributed by atoms with Crippen LogP contribution in [0.1, 0.15) is 31.1 Å². The molecule has 3 aromatic rings. The molecule has 0 aliphatic carbocycles. The molecule has 1 amide bonds. The van der Waals surface area contributed by atoms with E-state index in [0.717, 1.165) is 3.57 Å². The fourth-order valence-electron chi connectivity index (χ4n) is 4.08. The van der Waals surface area contributed by atoms with Gasteiger partial charge in [-0.05, 0) is 72.8 Å². The van der Waals surface area contributed by atoms with Crippen molar-refractivity contribution in [3.8, 4) is 17.2 Å². The summed E-state index contributed by atoms with van der Waals surface area (Å²) in [5, 5.41) is 24.0. The highest BCUT2D eigenvalue weighted by atomic mass is 127. The maximum atomic E-state index is 12.8. The van der Waals surface area contributed by atoms with Crippen LogP contribution in [0, 0.1) is 9.49 Å². The molecule has 2 heterocycles. The third kappa shape index (κ3) is 5.26. The van der Waals surface area contributed by atoms with Gasteiger partial charge in [-0.3, -0.25) is 4.79 Å². The number of rotatable bonds is 6. The zero-order chi connectivity index (χ0) is 27.1. The van der Waals surface area contributed by atoms with Crippen LogP contribution >= 0.6 is 22.6 Å². The summed E-state index contributed by atoms with van der Waals surface area (Å²) < 4.78 is 28.7. The minimum atomic E-state index is -1.31. The van der Waals surface area contributed by atoms with Crippen LogP contribution in [-0.2, 0) is 4.74 Å². The maximum absolute atomic E-state index is 12.8. The molecule has 0 radical (unpaired) electrons. The predicted octanol–water partition coefficient (Wildman–Crippen LogP) is 3.54. The molecule has 0 spiro atoms. The normalized spacial score (nSPS) is 22.9. The van der Waals surface area contributed by atoms with Gasteiger partial charge in [-0.1, -0.05) is 6.92 Å². The Morgan fingerprint density at radius 2 is 1.76 bits per heavy atom. The minimum absolute atomic E-state index is 0.0519. The highest BCUT2D eigenvalue weighted by molar-refractivity contribution is 14.1. The molecule has 1 aliphatic heterocycles. The summed E-state index contributed by atoms with van der Waals surface area (Å²) in [6.45, 7) is 5.37. The van der Waals surface area contributed by atoms with Crippen molar-refractivity contribution in [3.63, 3.8) is 0 Å². The van der Waals surface area contributed by atoms with Gasteiger partial charge in [0.25, 0.3) is 5.91 Å². The molecule has 1 aliphatic rings. The molecule has 2 aromatic carbocycles. The summed E-state index contributed by atoms with van der Waals surface area (Å²) in [5.41, 5.74) is -1.19. The van der Waals surface area contributed by atoms with Crippen LogP contribution in [0.2, 0.25) is 0 Å². The van der Waals surface area contributed by atoms with Gasteiger partial charge in [0.1, 0.15) is 17.5 Å². The molecule has 4 atom stereocenters. The number of halogens is 1. The third-order valence-corrected chi connectivity index (χ3v) is 7.43. The molecular formula is C26H28INO9. The Morgan fingerprint density at radius 1 is 1.05 bits per heavy atom. The average Bonchev–Trinajstić information content (AvgIpc) is 2.86. The van der Waals surface area contributed by atoms with E-state index < -0.39 is 35.6 Å². The molecule has 1 aromatic heterocycles. The molecule has 0 saturated carbocycles. The Labute approximate surface area is 226 Å². The first-order chi connectivity index (χ1) is 17.5. The number of carbonyl (C=O) groups is 1. The lowest BCUT2D eigenvalue weighted by Crippen LogP contribution is -2.59. The van der Waals surface area contributed by atoms with Crippen molar-refractivity contribution in [3.05, 3.63) is 56.0 Å². The lowest BCUT2D eigenvalue weighted by Gasteiger charge is -2.46. The number of aliphatic hydroxyl groups excluding tert-OH is 2. The van der Waals surface area contributed by atoms with Crippen molar-refractivity contribution < 1.29 is 38.4 Å². The van der Waals surface area contributed by atoms with Crippen molar-refractivity contribution in [2.45, 2.75) is 44.9 Å². The molecule has 0 bridgehead atoms. The van der Waals surface area contributed by atoms with E-state index in [9.17, 15) is 19.8 Å². The summed E-state index contributed by atoms with van der Waals surface area (Å²) in [6, 6.07) is 9.55. The summed E-state index contributed by atoms with van der Waals surface area (Å²) >= 11 is 2.05. The lowest BCUT2D eigenvalue weighted by molar-refractivity contribution is -0.285. The Kier molecular flexibility index (Phi) is 7.70. The molecule has 10 nitrogen and oxygen atoms in total. The summed E-state index contributed by atoms with van der Waals surface area (Å²) in [5.74, 6) is 0.0429. The van der Waals surface area contributed by atoms with Crippen LogP contribution in [0.5, 0.6) is 17.2 Å². The first kappa shape index (κ1) is 27.2. The standard InChI is InChI=1S/C26H28INO9/c1-12-19(29)20(30)25(37-26(12,2)3)35-18-9-6-13-11-16(24(32)36-21(13)22(18)34-5)28-23(31)14-7-8-17(33-4)15(27)10-14/h6-12,19-20,25,29-30H,1-5H3,(H,28,31). The monoisotopic (exact) mass is 625 g/mol. The Hall–Kier alpha value is -2.87. The van der Waals surface area contributed by atoms with Crippen LogP contribution in [0.4, 0.5) is 5.69 Å². The number of ether oxygens (including phenoxy) is 4. The van der Waals surface area contributed by atoms with E-state index in [-0.39, 0.29) is 28.7 Å². The molecule has 3 N–H and O–H groups in total. The highest BCUT2D eigenvalue weighted by Gasteiger charge is 2.48. The zero-order valence-electron chi connectivity index (χ0n) is 20.9. The number of carbonyl (C=O) groups excluding carboxylic acids is 1. The molecule has 198 valence electrons. The van der Waals surface area contributed by atoms with Gasteiger partial charge in [-0.25, -0.2) is 4.79 Å². The summed E-state index contributed by atoms with van der Waals surface area (Å²) in [4.78, 5) is 25.5. The van der Waals surface area contributed by atoms with Crippen LogP contribution in [0.3, 0.4) is 0 Å². The van der Waals surface area contributed by atoms with Gasteiger partial charge in [-0.2, -0.15) is 0 Å². The van der Waals surface area contributed by atoms with Gasteiger partial charge in [0, 0.05) is 16.9 Å². The molecule has 4 unspecified atom stereocenters. The number of methoxy groups -OCH3 is 2. The van der Waals surface area contributed by atoms with Crippen molar-refractivity contribution in [2.24, 2.45) is 5.92 Å². The first-order valence-electron chi connectivity index (χ1n) is 11.5. The average molecular weight is 625 g/mol. The summed E-state index contributed by atoms with van der Waals surface area (Å²) in [6.07, 6.45) is -3.57. The van der Waals surface area contributed by atoms with Gasteiger partial charge in [0.15, 0.2) is 11.3 Å². The molecule has 1 saturated heterocycles. The molecule has 1 fully saturated rings. The minimum Gasteiger partial charge on any atom is -0.496 e. The van der Waals surface area contributed by atoms with Crippen molar-refractivity contribution in [1.82, 2.24) is 0 Å². The van der Waals surface area contributed by atoms with Crippen LogP contribution in [0.25, 0.3) is 11.0 Å². The van der Waals surface area contributed by atoms with Gasteiger partial charge in [0.05, 0.1) is 29.5 Å². The Morgan fingerprint density at radius 3 is 2.41 bits per heavy atom. The van der Waals surface area contributed by atoms with Crippen LogP contribution in [-0.4, -0.2) is 54.4 Å². The SMILES string of the molecule is COc1ccc(C(=O)Nc2cc3ccc(OC4OC(C)(C)C(C)C(O)C4O)c(OC)c3oc2=O)cc1I. The Balaban J connectivity index is 1.63. The zero-order valence-corrected chi connectivity index (χ0v) is 23.1. The molecule has 11 heteroatoms. The van der Waals surface area contributed by atoms with Gasteiger partial charge >= 0.3 is 5.63 Å². The molecule has 4 rings (SSSR count). The van der Waals surface area contributed by atoms with Crippen LogP contribution in [0.15, 0.2) is 45.6 Å². The van der Waals surface area contributed by atoms with Crippen molar-refractivity contribution in [2.75, 3.05) is 19.5 Å². The third-order valence-electron chi connectivity index (χ3n) is 6.59. The van der Waals surface area contributed by atoms with E-state index in [1.807, 2.05) is 0 Å². The van der Waals surface area contributed by atoms with Crippen LogP contribution < -0.4 is 25.2 Å². The Bertz CT molecular complexity index is 1390. The molecule has 37 heavy (non-hydrogen) atoms. The van der Waals surface area contributed by atoms with Crippen molar-refractivity contribution in [1.29, 1.82) is 0 Å². The number of aliphatic hydroxyl groups is 2. The number of anilines is 1. The second-order valence-corrected chi connectivity index (χ2v) is 10.4. The maximum Gasteiger partial charge on any atom is 0.360 e. The van der Waals surface area contributed by atoms with Gasteiger partial charge < -0.3 is 38.9 Å². The number of nitrogens with one attached hydrogen (secondary N) is 1. The second kappa shape index (κ2) is 10.5. The molecular weight excluding hydrogens is 597 g/mol. The van der Waals surface area contributed by atoms with E-state index in [1.165, 1.54) is 20.3 Å². The van der Waals surface area contributed by atoms with E-state index in [1.54, 1.807) is 51.1 Å². The smallest absolute Gasteiger partial charge is 0.360 e. The topological polar surface area (TPSA) is 137 Å². The van der Waals surface area contributed by atoms with Crippen molar-refractivity contribution >= 4 is 45.2 Å². The van der Waals surface area contributed by atoms with E-state index in [0.29, 0.717) is 16.7 Å². The number of hydrogen-bond acceptors (Lipinski definition) is 9.